The Morgan fingerprint density at radius 1 is 0.905 bits per heavy atom. The number of hydrogen-bond acceptors (Lipinski definition) is 1. The lowest BCUT2D eigenvalue weighted by Crippen LogP contribution is -1.92. The van der Waals surface area contributed by atoms with Crippen molar-refractivity contribution in [3.63, 3.8) is 0 Å². The Hall–Kier alpha value is -2.42. The van der Waals surface area contributed by atoms with Crippen LogP contribution in [0.4, 0.5) is 4.39 Å². The van der Waals surface area contributed by atoms with Crippen LogP contribution in [-0.2, 0) is 12.8 Å². The van der Waals surface area contributed by atoms with Gasteiger partial charge in [0, 0.05) is 17.5 Å². The molecule has 3 rings (SSSR count). The molecule has 0 unspecified atom stereocenters. The maximum absolute atomic E-state index is 12.8. The first kappa shape index (κ1) is 13.6. The molecule has 1 heterocycles. The summed E-state index contributed by atoms with van der Waals surface area (Å²) in [4.78, 5) is 7.55. The van der Waals surface area contributed by atoms with E-state index in [9.17, 15) is 4.39 Å². The number of aromatic amines is 1. The standard InChI is InChI=1S/C18H17FN2/c1-13-12-20-18(21-13)16-8-4-14(5-9-16)2-3-15-6-10-17(19)11-7-15/h4-12H,2-3H2,1H3,(H,20,21). The average Bonchev–Trinajstić information content (AvgIpc) is 2.94. The van der Waals surface area contributed by atoms with E-state index in [1.165, 1.54) is 17.7 Å². The number of rotatable bonds is 4. The van der Waals surface area contributed by atoms with Crippen molar-refractivity contribution >= 4 is 0 Å². The van der Waals surface area contributed by atoms with E-state index in [-0.39, 0.29) is 5.82 Å². The van der Waals surface area contributed by atoms with Gasteiger partial charge in [0.15, 0.2) is 0 Å². The van der Waals surface area contributed by atoms with E-state index in [0.29, 0.717) is 0 Å². The van der Waals surface area contributed by atoms with Crippen molar-refractivity contribution in [3.05, 3.63) is 77.4 Å². The molecule has 3 aromatic rings. The zero-order chi connectivity index (χ0) is 14.7. The van der Waals surface area contributed by atoms with Gasteiger partial charge in [-0.2, -0.15) is 0 Å². The summed E-state index contributed by atoms with van der Waals surface area (Å²) in [6.45, 7) is 1.99. The first-order chi connectivity index (χ1) is 10.2. The van der Waals surface area contributed by atoms with Crippen LogP contribution in [0.2, 0.25) is 0 Å². The van der Waals surface area contributed by atoms with E-state index >= 15 is 0 Å². The fraction of sp³-hybridized carbons (Fsp3) is 0.167. The smallest absolute Gasteiger partial charge is 0.137 e. The molecule has 0 spiro atoms. The monoisotopic (exact) mass is 280 g/mol. The highest BCUT2D eigenvalue weighted by Crippen LogP contribution is 2.17. The van der Waals surface area contributed by atoms with Crippen LogP contribution >= 0.6 is 0 Å². The Balaban J connectivity index is 1.65. The third-order valence-corrected chi connectivity index (χ3v) is 3.55. The van der Waals surface area contributed by atoms with Crippen molar-refractivity contribution in [1.29, 1.82) is 0 Å². The van der Waals surface area contributed by atoms with Gasteiger partial charge in [-0.3, -0.25) is 0 Å². The third-order valence-electron chi connectivity index (χ3n) is 3.55. The number of hydrogen-bond donors (Lipinski definition) is 1. The highest BCUT2D eigenvalue weighted by atomic mass is 19.1. The minimum absolute atomic E-state index is 0.183. The summed E-state index contributed by atoms with van der Waals surface area (Å²) in [5.41, 5.74) is 4.58. The van der Waals surface area contributed by atoms with Crippen LogP contribution in [0.15, 0.2) is 54.7 Å². The Kier molecular flexibility index (Phi) is 3.82. The molecule has 21 heavy (non-hydrogen) atoms. The van der Waals surface area contributed by atoms with Gasteiger partial charge in [-0.25, -0.2) is 9.37 Å². The minimum atomic E-state index is -0.183. The zero-order valence-corrected chi connectivity index (χ0v) is 11.9. The van der Waals surface area contributed by atoms with E-state index < -0.39 is 0 Å². The molecular weight excluding hydrogens is 263 g/mol. The number of imidazole rings is 1. The lowest BCUT2D eigenvalue weighted by atomic mass is 10.0. The van der Waals surface area contributed by atoms with Gasteiger partial charge in [0.05, 0.1) is 0 Å². The van der Waals surface area contributed by atoms with E-state index in [4.69, 9.17) is 0 Å². The number of aryl methyl sites for hydroxylation is 3. The van der Waals surface area contributed by atoms with Crippen LogP contribution in [-0.4, -0.2) is 9.97 Å². The van der Waals surface area contributed by atoms with Gasteiger partial charge in [0.25, 0.3) is 0 Å². The van der Waals surface area contributed by atoms with Crippen LogP contribution < -0.4 is 0 Å². The van der Waals surface area contributed by atoms with Crippen molar-refractivity contribution in [1.82, 2.24) is 9.97 Å². The Morgan fingerprint density at radius 2 is 1.48 bits per heavy atom. The van der Waals surface area contributed by atoms with Crippen LogP contribution in [0.5, 0.6) is 0 Å². The number of H-pyrrole nitrogens is 1. The molecule has 1 aromatic heterocycles. The number of nitrogens with one attached hydrogen (secondary N) is 1. The SMILES string of the molecule is Cc1cnc(-c2ccc(CCc3ccc(F)cc3)cc2)[nH]1. The molecule has 0 fully saturated rings. The Bertz CT molecular complexity index is 712. The molecule has 0 aliphatic rings. The topological polar surface area (TPSA) is 28.7 Å². The maximum Gasteiger partial charge on any atom is 0.137 e. The van der Waals surface area contributed by atoms with E-state index in [1.807, 2.05) is 25.3 Å². The lowest BCUT2D eigenvalue weighted by molar-refractivity contribution is 0.627. The van der Waals surface area contributed by atoms with Gasteiger partial charge >= 0.3 is 0 Å². The van der Waals surface area contributed by atoms with Crippen molar-refractivity contribution in [2.75, 3.05) is 0 Å². The molecule has 2 aromatic carbocycles. The average molecular weight is 280 g/mol. The van der Waals surface area contributed by atoms with Gasteiger partial charge in [-0.15, -0.1) is 0 Å². The first-order valence-electron chi connectivity index (χ1n) is 7.06. The molecule has 0 atom stereocenters. The lowest BCUT2D eigenvalue weighted by Gasteiger charge is -2.04. The van der Waals surface area contributed by atoms with Crippen molar-refractivity contribution in [2.24, 2.45) is 0 Å². The number of benzene rings is 2. The first-order valence-corrected chi connectivity index (χ1v) is 7.06. The second-order valence-corrected chi connectivity index (χ2v) is 5.24. The maximum atomic E-state index is 12.8. The van der Waals surface area contributed by atoms with Crippen LogP contribution in [0, 0.1) is 12.7 Å². The van der Waals surface area contributed by atoms with Crippen LogP contribution in [0.1, 0.15) is 16.8 Å². The largest absolute Gasteiger partial charge is 0.342 e. The molecule has 0 saturated carbocycles. The molecule has 0 radical (unpaired) electrons. The van der Waals surface area contributed by atoms with Crippen molar-refractivity contribution < 1.29 is 4.39 Å². The van der Waals surface area contributed by atoms with Gasteiger partial charge in [0.1, 0.15) is 11.6 Å². The van der Waals surface area contributed by atoms with Gasteiger partial charge in [0.2, 0.25) is 0 Å². The third kappa shape index (κ3) is 3.37. The summed E-state index contributed by atoms with van der Waals surface area (Å²) in [5, 5.41) is 0. The Morgan fingerprint density at radius 3 is 2.00 bits per heavy atom. The predicted octanol–water partition coefficient (Wildman–Crippen LogP) is 4.31. The number of halogens is 1. The summed E-state index contributed by atoms with van der Waals surface area (Å²) in [6, 6.07) is 15.1. The van der Waals surface area contributed by atoms with Gasteiger partial charge in [-0.05, 0) is 43.0 Å². The predicted molar refractivity (Wildman–Crippen MR) is 82.6 cm³/mol. The van der Waals surface area contributed by atoms with E-state index in [1.54, 1.807) is 0 Å². The zero-order valence-electron chi connectivity index (χ0n) is 11.9. The number of aromatic nitrogens is 2. The molecule has 2 nitrogen and oxygen atoms in total. The fourth-order valence-corrected chi connectivity index (χ4v) is 2.33. The van der Waals surface area contributed by atoms with E-state index in [0.717, 1.165) is 35.5 Å². The summed E-state index contributed by atoms with van der Waals surface area (Å²) in [7, 11) is 0. The number of nitrogens with zero attached hydrogens (tertiary/aromatic N) is 1. The molecule has 106 valence electrons. The van der Waals surface area contributed by atoms with E-state index in [2.05, 4.69) is 34.2 Å². The molecule has 0 amide bonds. The highest BCUT2D eigenvalue weighted by Gasteiger charge is 2.02. The summed E-state index contributed by atoms with van der Waals surface area (Å²) < 4.78 is 12.8. The second-order valence-electron chi connectivity index (χ2n) is 5.24. The molecule has 0 bridgehead atoms. The van der Waals surface area contributed by atoms with Crippen molar-refractivity contribution in [2.45, 2.75) is 19.8 Å². The molecular formula is C18H17FN2. The highest BCUT2D eigenvalue weighted by molar-refractivity contribution is 5.55. The summed E-state index contributed by atoms with van der Waals surface area (Å²) in [6.07, 6.45) is 3.69. The van der Waals surface area contributed by atoms with Crippen molar-refractivity contribution in [3.8, 4) is 11.4 Å². The molecule has 0 aliphatic heterocycles. The van der Waals surface area contributed by atoms with Gasteiger partial charge < -0.3 is 4.98 Å². The normalized spacial score (nSPS) is 10.8. The quantitative estimate of drug-likeness (QED) is 0.758. The Labute approximate surface area is 123 Å². The summed E-state index contributed by atoms with van der Waals surface area (Å²) in [5.74, 6) is 0.717. The molecule has 0 saturated heterocycles. The molecule has 1 N–H and O–H groups in total. The summed E-state index contributed by atoms with van der Waals surface area (Å²) >= 11 is 0. The molecule has 0 aliphatic carbocycles. The van der Waals surface area contributed by atoms with Gasteiger partial charge in [-0.1, -0.05) is 36.4 Å². The fourth-order valence-electron chi connectivity index (χ4n) is 2.33. The molecule has 3 heteroatoms. The van der Waals surface area contributed by atoms with Crippen LogP contribution in [0.25, 0.3) is 11.4 Å². The second kappa shape index (κ2) is 5.92. The minimum Gasteiger partial charge on any atom is -0.342 e. The van der Waals surface area contributed by atoms with Crippen LogP contribution in [0.3, 0.4) is 0 Å².